The molecule has 2 rings (SSSR count). The Kier molecular flexibility index (Phi) is 2.86. The Balaban J connectivity index is 2.50. The van der Waals surface area contributed by atoms with Crippen molar-refractivity contribution in [2.75, 3.05) is 18.8 Å². The van der Waals surface area contributed by atoms with Crippen LogP contribution in [0, 0.1) is 5.82 Å². The first-order valence-electron chi connectivity index (χ1n) is 5.07. The number of hydrogen-bond acceptors (Lipinski definition) is 3. The van der Waals surface area contributed by atoms with E-state index in [0.29, 0.717) is 13.1 Å². The summed E-state index contributed by atoms with van der Waals surface area (Å²) in [6, 6.07) is 3.90. The average molecular weight is 244 g/mol. The molecule has 4 nitrogen and oxygen atoms in total. The first-order chi connectivity index (χ1) is 7.53. The van der Waals surface area contributed by atoms with E-state index in [1.807, 2.05) is 0 Å². The molecule has 1 aliphatic rings. The van der Waals surface area contributed by atoms with Crippen LogP contribution in [0.25, 0.3) is 0 Å². The molecular weight excluding hydrogens is 231 g/mol. The number of halogens is 1. The zero-order valence-corrected chi connectivity index (χ0v) is 9.50. The Bertz CT molecular complexity index is 475. The van der Waals surface area contributed by atoms with Crippen LogP contribution in [0.4, 0.5) is 10.1 Å². The predicted octanol–water partition coefficient (Wildman–Crippen LogP) is 1.19. The van der Waals surface area contributed by atoms with Crippen LogP contribution in [0.15, 0.2) is 23.1 Å². The normalized spacial score (nSPS) is 17.8. The molecule has 0 atom stereocenters. The number of nitrogens with two attached hydrogens (primary N) is 1. The monoisotopic (exact) mass is 244 g/mol. The molecule has 88 valence electrons. The molecule has 0 bridgehead atoms. The van der Waals surface area contributed by atoms with E-state index in [1.165, 1.54) is 16.4 Å². The summed E-state index contributed by atoms with van der Waals surface area (Å²) in [5.41, 5.74) is 5.49. The molecule has 0 saturated carbocycles. The van der Waals surface area contributed by atoms with E-state index in [2.05, 4.69) is 0 Å². The highest BCUT2D eigenvalue weighted by molar-refractivity contribution is 7.89. The fraction of sp³-hybridized carbons (Fsp3) is 0.400. The average Bonchev–Trinajstić information content (AvgIpc) is 2.69. The third kappa shape index (κ3) is 1.78. The van der Waals surface area contributed by atoms with Crippen LogP contribution < -0.4 is 5.73 Å². The van der Waals surface area contributed by atoms with Gasteiger partial charge in [0.2, 0.25) is 10.0 Å². The first-order valence-corrected chi connectivity index (χ1v) is 6.51. The van der Waals surface area contributed by atoms with Crippen LogP contribution in [0.2, 0.25) is 0 Å². The molecule has 2 N–H and O–H groups in total. The molecule has 0 amide bonds. The van der Waals surface area contributed by atoms with Gasteiger partial charge in [-0.2, -0.15) is 4.31 Å². The lowest BCUT2D eigenvalue weighted by Crippen LogP contribution is -2.29. The maximum atomic E-state index is 13.5. The Hall–Kier alpha value is -1.14. The largest absolute Gasteiger partial charge is 0.398 e. The van der Waals surface area contributed by atoms with Gasteiger partial charge in [-0.15, -0.1) is 0 Å². The highest BCUT2D eigenvalue weighted by Crippen LogP contribution is 2.27. The zero-order valence-electron chi connectivity index (χ0n) is 8.69. The van der Waals surface area contributed by atoms with E-state index < -0.39 is 20.7 Å². The van der Waals surface area contributed by atoms with E-state index in [0.717, 1.165) is 18.9 Å². The summed E-state index contributed by atoms with van der Waals surface area (Å²) in [4.78, 5) is -0.392. The fourth-order valence-corrected chi connectivity index (χ4v) is 3.53. The molecule has 0 aliphatic carbocycles. The van der Waals surface area contributed by atoms with Gasteiger partial charge in [0.15, 0.2) is 0 Å². The van der Waals surface area contributed by atoms with Crippen molar-refractivity contribution < 1.29 is 12.8 Å². The summed E-state index contributed by atoms with van der Waals surface area (Å²) in [6.07, 6.45) is 1.63. The molecule has 0 unspecified atom stereocenters. The lowest BCUT2D eigenvalue weighted by molar-refractivity contribution is 0.470. The Labute approximate surface area is 93.9 Å². The summed E-state index contributed by atoms with van der Waals surface area (Å²) in [6.45, 7) is 0.881. The second-order valence-corrected chi connectivity index (χ2v) is 5.64. The molecule has 0 radical (unpaired) electrons. The molecule has 1 saturated heterocycles. The number of sulfonamides is 1. The van der Waals surface area contributed by atoms with Crippen molar-refractivity contribution in [3.05, 3.63) is 24.0 Å². The van der Waals surface area contributed by atoms with Crippen LogP contribution >= 0.6 is 0 Å². The summed E-state index contributed by atoms with van der Waals surface area (Å²) in [7, 11) is -3.77. The van der Waals surface area contributed by atoms with Gasteiger partial charge in [-0.25, -0.2) is 12.8 Å². The topological polar surface area (TPSA) is 63.4 Å². The molecule has 1 heterocycles. The van der Waals surface area contributed by atoms with Crippen LogP contribution in [-0.2, 0) is 10.0 Å². The van der Waals surface area contributed by atoms with E-state index in [4.69, 9.17) is 5.73 Å². The highest BCUT2D eigenvalue weighted by Gasteiger charge is 2.31. The number of hydrogen-bond donors (Lipinski definition) is 1. The number of nitrogens with zero attached hydrogens (tertiary/aromatic N) is 1. The lowest BCUT2D eigenvalue weighted by atomic mass is 10.3. The minimum atomic E-state index is -3.77. The molecule has 0 spiro atoms. The van der Waals surface area contributed by atoms with Gasteiger partial charge in [-0.1, -0.05) is 6.07 Å². The van der Waals surface area contributed by atoms with Gasteiger partial charge in [-0.05, 0) is 25.0 Å². The minimum absolute atomic E-state index is 0.0353. The van der Waals surface area contributed by atoms with Crippen molar-refractivity contribution in [3.8, 4) is 0 Å². The molecular formula is C10H13FN2O2S. The summed E-state index contributed by atoms with van der Waals surface area (Å²) < 4.78 is 39.0. The van der Waals surface area contributed by atoms with E-state index >= 15 is 0 Å². The number of nitrogen functional groups attached to an aromatic ring is 1. The number of benzene rings is 1. The van der Waals surface area contributed by atoms with Gasteiger partial charge in [0, 0.05) is 13.1 Å². The van der Waals surface area contributed by atoms with Crippen LogP contribution in [0.5, 0.6) is 0 Å². The third-order valence-corrected chi connectivity index (χ3v) is 4.65. The fourth-order valence-electron chi connectivity index (χ4n) is 1.86. The van der Waals surface area contributed by atoms with Crippen molar-refractivity contribution in [1.82, 2.24) is 4.31 Å². The Morgan fingerprint density at radius 2 is 1.88 bits per heavy atom. The summed E-state index contributed by atoms with van der Waals surface area (Å²) >= 11 is 0. The number of rotatable bonds is 2. The van der Waals surface area contributed by atoms with Gasteiger partial charge in [0.05, 0.1) is 5.69 Å². The third-order valence-electron chi connectivity index (χ3n) is 2.66. The van der Waals surface area contributed by atoms with Crippen molar-refractivity contribution in [2.24, 2.45) is 0 Å². The van der Waals surface area contributed by atoms with E-state index in [1.54, 1.807) is 0 Å². The van der Waals surface area contributed by atoms with Crippen molar-refractivity contribution in [3.63, 3.8) is 0 Å². The van der Waals surface area contributed by atoms with Gasteiger partial charge in [-0.3, -0.25) is 0 Å². The summed E-state index contributed by atoms with van der Waals surface area (Å²) in [5, 5.41) is 0. The molecule has 1 aromatic carbocycles. The summed E-state index contributed by atoms with van der Waals surface area (Å²) in [5.74, 6) is -0.785. The first kappa shape index (κ1) is 11.3. The highest BCUT2D eigenvalue weighted by atomic mass is 32.2. The number of anilines is 1. The molecule has 16 heavy (non-hydrogen) atoms. The second kappa shape index (κ2) is 4.03. The van der Waals surface area contributed by atoms with Crippen LogP contribution in [0.3, 0.4) is 0 Å². The second-order valence-electron chi connectivity index (χ2n) is 3.77. The quantitative estimate of drug-likeness (QED) is 0.795. The molecule has 1 aromatic rings. The predicted molar refractivity (Wildman–Crippen MR) is 58.8 cm³/mol. The SMILES string of the molecule is Nc1cccc(F)c1S(=O)(=O)N1CCCC1. The maximum absolute atomic E-state index is 13.5. The van der Waals surface area contributed by atoms with Crippen molar-refractivity contribution in [1.29, 1.82) is 0 Å². The Morgan fingerprint density at radius 1 is 1.25 bits per heavy atom. The van der Waals surface area contributed by atoms with Crippen molar-refractivity contribution >= 4 is 15.7 Å². The standard InChI is InChI=1S/C10H13FN2O2S/c11-8-4-3-5-9(12)10(8)16(14,15)13-6-1-2-7-13/h3-5H,1-2,6-7,12H2. The van der Waals surface area contributed by atoms with Gasteiger partial charge in [0.1, 0.15) is 10.7 Å². The van der Waals surface area contributed by atoms with E-state index in [-0.39, 0.29) is 5.69 Å². The van der Waals surface area contributed by atoms with Gasteiger partial charge in [0.25, 0.3) is 0 Å². The van der Waals surface area contributed by atoms with Gasteiger partial charge >= 0.3 is 0 Å². The minimum Gasteiger partial charge on any atom is -0.398 e. The maximum Gasteiger partial charge on any atom is 0.248 e. The molecule has 1 fully saturated rings. The van der Waals surface area contributed by atoms with Crippen molar-refractivity contribution in [2.45, 2.75) is 17.7 Å². The van der Waals surface area contributed by atoms with E-state index in [9.17, 15) is 12.8 Å². The van der Waals surface area contributed by atoms with Crippen LogP contribution in [-0.4, -0.2) is 25.8 Å². The zero-order chi connectivity index (χ0) is 11.8. The molecule has 6 heteroatoms. The smallest absolute Gasteiger partial charge is 0.248 e. The Morgan fingerprint density at radius 3 is 2.44 bits per heavy atom. The van der Waals surface area contributed by atoms with Crippen LogP contribution in [0.1, 0.15) is 12.8 Å². The molecule has 0 aromatic heterocycles. The molecule has 1 aliphatic heterocycles. The lowest BCUT2D eigenvalue weighted by Gasteiger charge is -2.17. The van der Waals surface area contributed by atoms with Gasteiger partial charge < -0.3 is 5.73 Å².